The number of anilines is 1. The van der Waals surface area contributed by atoms with E-state index in [9.17, 15) is 24.3 Å². The van der Waals surface area contributed by atoms with E-state index in [2.05, 4.69) is 42.4 Å². The Morgan fingerprint density at radius 3 is 2.49 bits per heavy atom. The quantitative estimate of drug-likeness (QED) is 0.249. The van der Waals surface area contributed by atoms with Crippen LogP contribution in [-0.2, 0) is 23.9 Å². The molecule has 1 atom stereocenters. The van der Waals surface area contributed by atoms with Crippen LogP contribution in [0.4, 0.5) is 5.95 Å². The molecule has 3 aromatic heterocycles. The Hall–Kier alpha value is -4.64. The third kappa shape index (κ3) is 8.67. The molecular formula is C27H30N6O7S. The van der Waals surface area contributed by atoms with Crippen LogP contribution < -0.4 is 10.6 Å². The second-order valence-electron chi connectivity index (χ2n) is 9.58. The Morgan fingerprint density at radius 1 is 1.07 bits per heavy atom. The van der Waals surface area contributed by atoms with Gasteiger partial charge >= 0.3 is 11.9 Å². The molecule has 0 spiro atoms. The lowest BCUT2D eigenvalue weighted by atomic mass is 9.96. The number of carbonyl (C=O) groups is 4. The average molecular weight is 583 g/mol. The smallest absolute Gasteiger partial charge is 0.328 e. The van der Waals surface area contributed by atoms with Crippen molar-refractivity contribution in [2.75, 3.05) is 18.5 Å². The normalized spacial score (nSPS) is 11.6. The van der Waals surface area contributed by atoms with Crippen LogP contribution in [-0.4, -0.2) is 68.1 Å². The van der Waals surface area contributed by atoms with Gasteiger partial charge in [-0.25, -0.2) is 14.8 Å². The summed E-state index contributed by atoms with van der Waals surface area (Å²) in [7, 11) is 0. The Morgan fingerprint density at radius 2 is 1.80 bits per heavy atom. The Bertz CT molecular complexity index is 1520. The van der Waals surface area contributed by atoms with Crippen LogP contribution in [0.15, 0.2) is 17.6 Å². The first-order chi connectivity index (χ1) is 19.4. The van der Waals surface area contributed by atoms with E-state index < -0.39 is 29.3 Å². The van der Waals surface area contributed by atoms with Gasteiger partial charge in [0.15, 0.2) is 10.7 Å². The van der Waals surface area contributed by atoms with Gasteiger partial charge in [-0.05, 0) is 32.3 Å². The number of carbonyl (C=O) groups excluding carboxylic acids is 4. The molecular weight excluding hydrogens is 552 g/mol. The highest BCUT2D eigenvalue weighted by Crippen LogP contribution is 2.23. The van der Waals surface area contributed by atoms with Gasteiger partial charge in [0.25, 0.3) is 5.91 Å². The molecule has 0 bridgehead atoms. The summed E-state index contributed by atoms with van der Waals surface area (Å²) in [6.07, 6.45) is 1.38. The molecule has 0 aliphatic carbocycles. The molecule has 0 fully saturated rings. The molecule has 3 rings (SSSR count). The number of nitrogens with zero attached hydrogens (tertiary/aromatic N) is 4. The standard InChI is InChI=1S/C27H30N6O7S/c1-6-39-20(34)11-9-17(24(37)40-7-2)30-23(36)18-14-41-19(29-18)10-8-15-12-16-21(28-13-15)31-26(32-22(16)35)33-25(38)27(3,4)5/h12-14,17H,6-7,9,11H2,1-5H3,(H,30,36)(H2,28,31,32,33,35,38)/t17-/m0/s1. The molecule has 0 saturated carbocycles. The largest absolute Gasteiger partial charge is 0.493 e. The number of fused-ring (bicyclic) bond motifs is 1. The van der Waals surface area contributed by atoms with Gasteiger partial charge in [0.1, 0.15) is 11.7 Å². The third-order valence-corrected chi connectivity index (χ3v) is 6.06. The zero-order valence-electron chi connectivity index (χ0n) is 23.2. The molecule has 0 saturated heterocycles. The van der Waals surface area contributed by atoms with E-state index in [1.54, 1.807) is 34.6 Å². The number of hydrogen-bond acceptors (Lipinski definition) is 12. The van der Waals surface area contributed by atoms with Crippen molar-refractivity contribution in [2.45, 2.75) is 53.5 Å². The number of rotatable bonds is 9. The van der Waals surface area contributed by atoms with Crippen molar-refractivity contribution in [1.29, 1.82) is 0 Å². The van der Waals surface area contributed by atoms with Crippen LogP contribution in [0.5, 0.6) is 5.88 Å². The van der Waals surface area contributed by atoms with Gasteiger partial charge in [-0.1, -0.05) is 26.7 Å². The van der Waals surface area contributed by atoms with Crippen molar-refractivity contribution in [1.82, 2.24) is 25.3 Å². The van der Waals surface area contributed by atoms with E-state index in [1.165, 1.54) is 17.6 Å². The molecule has 14 heteroatoms. The van der Waals surface area contributed by atoms with Gasteiger partial charge in [0, 0.05) is 29.0 Å². The van der Waals surface area contributed by atoms with E-state index in [4.69, 9.17) is 9.47 Å². The molecule has 13 nitrogen and oxygen atoms in total. The van der Waals surface area contributed by atoms with Crippen molar-refractivity contribution in [3.63, 3.8) is 0 Å². The van der Waals surface area contributed by atoms with Crippen LogP contribution in [0.25, 0.3) is 11.0 Å². The maximum atomic E-state index is 12.7. The number of aromatic nitrogens is 4. The molecule has 0 radical (unpaired) electrons. The fraction of sp³-hybridized carbons (Fsp3) is 0.407. The molecule has 3 aromatic rings. The molecule has 0 aliphatic rings. The molecule has 216 valence electrons. The van der Waals surface area contributed by atoms with Gasteiger partial charge < -0.3 is 19.9 Å². The number of esters is 2. The van der Waals surface area contributed by atoms with Crippen molar-refractivity contribution in [3.8, 4) is 17.7 Å². The number of nitrogens with one attached hydrogen (secondary N) is 2. The highest BCUT2D eigenvalue weighted by molar-refractivity contribution is 7.10. The summed E-state index contributed by atoms with van der Waals surface area (Å²) in [5.74, 6) is 3.15. The van der Waals surface area contributed by atoms with Crippen LogP contribution in [0.3, 0.4) is 0 Å². The Labute approximate surface area is 240 Å². The Kier molecular flexibility index (Phi) is 10.3. The second-order valence-corrected chi connectivity index (χ2v) is 10.4. The van der Waals surface area contributed by atoms with Gasteiger partial charge in [0.05, 0.1) is 18.6 Å². The first kappa shape index (κ1) is 30.9. The molecule has 2 amide bonds. The minimum absolute atomic E-state index is 0.0101. The predicted octanol–water partition coefficient (Wildman–Crippen LogP) is 2.58. The Balaban J connectivity index is 1.72. The number of pyridine rings is 1. The van der Waals surface area contributed by atoms with Gasteiger partial charge in [-0.2, -0.15) is 9.97 Å². The van der Waals surface area contributed by atoms with Gasteiger partial charge in [0.2, 0.25) is 17.7 Å². The number of aromatic hydroxyl groups is 1. The summed E-state index contributed by atoms with van der Waals surface area (Å²) in [6.45, 7) is 8.84. The van der Waals surface area contributed by atoms with Crippen molar-refractivity contribution < 1.29 is 33.8 Å². The number of amides is 2. The topological polar surface area (TPSA) is 183 Å². The summed E-state index contributed by atoms with van der Waals surface area (Å²) in [4.78, 5) is 65.4. The number of thiazole rings is 1. The number of hydrogen-bond donors (Lipinski definition) is 3. The van der Waals surface area contributed by atoms with E-state index in [1.807, 2.05) is 0 Å². The highest BCUT2D eigenvalue weighted by atomic mass is 32.1. The molecule has 41 heavy (non-hydrogen) atoms. The first-order valence-electron chi connectivity index (χ1n) is 12.7. The summed E-state index contributed by atoms with van der Waals surface area (Å²) in [5, 5.41) is 17.5. The van der Waals surface area contributed by atoms with Gasteiger partial charge in [-0.15, -0.1) is 11.3 Å². The van der Waals surface area contributed by atoms with Crippen molar-refractivity contribution in [3.05, 3.63) is 33.9 Å². The van der Waals surface area contributed by atoms with Crippen LogP contribution >= 0.6 is 11.3 Å². The van der Waals surface area contributed by atoms with Crippen molar-refractivity contribution >= 4 is 52.1 Å². The minimum Gasteiger partial charge on any atom is -0.493 e. The minimum atomic E-state index is -1.05. The summed E-state index contributed by atoms with van der Waals surface area (Å²) < 4.78 is 9.88. The molecule has 0 unspecified atom stereocenters. The first-order valence-corrected chi connectivity index (χ1v) is 13.6. The van der Waals surface area contributed by atoms with Crippen LogP contribution in [0, 0.1) is 17.3 Å². The SMILES string of the molecule is CCOC(=O)CC[C@H](NC(=O)c1csc(C#Cc2cnc3nc(NC(=O)C(C)(C)C)nc(O)c3c2)n1)C(=O)OCC. The fourth-order valence-corrected chi connectivity index (χ4v) is 3.83. The van der Waals surface area contributed by atoms with E-state index >= 15 is 0 Å². The molecule has 0 aliphatic heterocycles. The predicted molar refractivity (Wildman–Crippen MR) is 149 cm³/mol. The molecule has 0 aromatic carbocycles. The maximum Gasteiger partial charge on any atom is 0.328 e. The second kappa shape index (κ2) is 13.6. The van der Waals surface area contributed by atoms with E-state index in [-0.39, 0.29) is 60.5 Å². The van der Waals surface area contributed by atoms with Crippen molar-refractivity contribution in [2.24, 2.45) is 5.41 Å². The molecule has 3 heterocycles. The van der Waals surface area contributed by atoms with E-state index in [0.29, 0.717) is 10.6 Å². The zero-order chi connectivity index (χ0) is 30.2. The monoisotopic (exact) mass is 582 g/mol. The van der Waals surface area contributed by atoms with E-state index in [0.717, 1.165) is 11.3 Å². The van der Waals surface area contributed by atoms with Gasteiger partial charge in [-0.3, -0.25) is 19.7 Å². The lowest BCUT2D eigenvalue weighted by molar-refractivity contribution is -0.146. The van der Waals surface area contributed by atoms with Crippen LogP contribution in [0.1, 0.15) is 68.5 Å². The number of ether oxygens (including phenoxy) is 2. The maximum absolute atomic E-state index is 12.7. The summed E-state index contributed by atoms with van der Waals surface area (Å²) in [6, 6.07) is 0.485. The summed E-state index contributed by atoms with van der Waals surface area (Å²) >= 11 is 1.11. The zero-order valence-corrected chi connectivity index (χ0v) is 24.0. The average Bonchev–Trinajstić information content (AvgIpc) is 3.39. The third-order valence-electron chi connectivity index (χ3n) is 5.31. The lowest BCUT2D eigenvalue weighted by Gasteiger charge is -2.16. The van der Waals surface area contributed by atoms with Crippen LogP contribution in [0.2, 0.25) is 0 Å². The highest BCUT2D eigenvalue weighted by Gasteiger charge is 2.25. The lowest BCUT2D eigenvalue weighted by Crippen LogP contribution is -2.42. The summed E-state index contributed by atoms with van der Waals surface area (Å²) in [5.41, 5.74) is -0.0496. The molecule has 3 N–H and O–H groups in total. The fourth-order valence-electron chi connectivity index (χ4n) is 3.19.